The molecule has 2 aromatic rings. The lowest BCUT2D eigenvalue weighted by Gasteiger charge is -2.08. The molecule has 0 unspecified atom stereocenters. The third kappa shape index (κ3) is 2.33. The van der Waals surface area contributed by atoms with Crippen molar-refractivity contribution in [2.75, 3.05) is 7.11 Å². The van der Waals surface area contributed by atoms with Crippen molar-refractivity contribution in [1.82, 2.24) is 4.98 Å². The van der Waals surface area contributed by atoms with Gasteiger partial charge in [0, 0.05) is 17.1 Å². The number of hydrogen-bond donors (Lipinski definition) is 1. The van der Waals surface area contributed by atoms with Gasteiger partial charge in [-0.25, -0.2) is 0 Å². The Morgan fingerprint density at radius 2 is 2.24 bits per heavy atom. The first-order valence-corrected chi connectivity index (χ1v) is 5.76. The molecule has 0 aliphatic rings. The molecule has 0 saturated carbocycles. The van der Waals surface area contributed by atoms with E-state index in [1.54, 1.807) is 0 Å². The Morgan fingerprint density at radius 1 is 1.47 bits per heavy atom. The molecule has 3 heteroatoms. The number of rotatable bonds is 3. The summed E-state index contributed by atoms with van der Waals surface area (Å²) in [5.41, 5.74) is 3.51. The van der Waals surface area contributed by atoms with Crippen LogP contribution in [-0.2, 0) is 16.0 Å². The van der Waals surface area contributed by atoms with Crippen LogP contribution in [0.4, 0.5) is 0 Å². The van der Waals surface area contributed by atoms with E-state index in [0.717, 1.165) is 5.52 Å². The van der Waals surface area contributed by atoms with E-state index in [1.165, 1.54) is 23.6 Å². The van der Waals surface area contributed by atoms with Crippen LogP contribution in [0.3, 0.4) is 0 Å². The van der Waals surface area contributed by atoms with E-state index in [9.17, 15) is 4.79 Å². The Hall–Kier alpha value is -1.77. The van der Waals surface area contributed by atoms with E-state index in [-0.39, 0.29) is 11.9 Å². The molecule has 0 spiro atoms. The van der Waals surface area contributed by atoms with Crippen molar-refractivity contribution in [2.45, 2.75) is 20.3 Å². The van der Waals surface area contributed by atoms with Gasteiger partial charge in [-0.05, 0) is 31.0 Å². The number of carbonyl (C=O) groups is 1. The van der Waals surface area contributed by atoms with E-state index in [2.05, 4.69) is 30.1 Å². The van der Waals surface area contributed by atoms with Crippen LogP contribution in [0, 0.1) is 12.8 Å². The van der Waals surface area contributed by atoms with Crippen LogP contribution in [0.5, 0.6) is 0 Å². The van der Waals surface area contributed by atoms with Gasteiger partial charge in [-0.1, -0.05) is 18.6 Å². The normalized spacial score (nSPS) is 12.6. The molecule has 0 radical (unpaired) electrons. The van der Waals surface area contributed by atoms with Crippen molar-refractivity contribution >= 4 is 16.9 Å². The summed E-state index contributed by atoms with van der Waals surface area (Å²) in [4.78, 5) is 14.6. The largest absolute Gasteiger partial charge is 0.469 e. The molecule has 0 saturated heterocycles. The van der Waals surface area contributed by atoms with Crippen LogP contribution >= 0.6 is 0 Å². The van der Waals surface area contributed by atoms with Crippen LogP contribution in [0.2, 0.25) is 0 Å². The summed E-state index contributed by atoms with van der Waals surface area (Å²) in [6.07, 6.45) is 2.68. The number of hydrogen-bond acceptors (Lipinski definition) is 2. The minimum absolute atomic E-state index is 0.112. The molecule has 1 atom stereocenters. The van der Waals surface area contributed by atoms with E-state index < -0.39 is 0 Å². The predicted octanol–water partition coefficient (Wildman–Crippen LogP) is 2.83. The monoisotopic (exact) mass is 231 g/mol. The second kappa shape index (κ2) is 4.62. The van der Waals surface area contributed by atoms with Gasteiger partial charge in [-0.2, -0.15) is 0 Å². The second-order valence-electron chi connectivity index (χ2n) is 4.49. The molecule has 2 rings (SSSR count). The van der Waals surface area contributed by atoms with Crippen LogP contribution in [0.25, 0.3) is 10.9 Å². The highest BCUT2D eigenvalue weighted by atomic mass is 16.5. The molecular weight excluding hydrogens is 214 g/mol. The molecule has 1 N–H and O–H groups in total. The smallest absolute Gasteiger partial charge is 0.308 e. The highest BCUT2D eigenvalue weighted by Gasteiger charge is 2.15. The summed E-state index contributed by atoms with van der Waals surface area (Å²) in [6.45, 7) is 3.96. The Bertz CT molecular complexity index is 542. The number of methoxy groups -OCH3 is 1. The zero-order chi connectivity index (χ0) is 12.4. The van der Waals surface area contributed by atoms with Crippen LogP contribution in [-0.4, -0.2) is 18.1 Å². The lowest BCUT2D eigenvalue weighted by atomic mass is 10.00. The fraction of sp³-hybridized carbons (Fsp3) is 0.357. The van der Waals surface area contributed by atoms with Gasteiger partial charge < -0.3 is 9.72 Å². The standard InChI is InChI=1S/C14H17NO2/c1-9-4-5-13-12(6-9)11(8-15-13)7-10(2)14(16)17-3/h4-6,8,10,15H,7H2,1-3H3/t10-/m0/s1. The van der Waals surface area contributed by atoms with Gasteiger partial charge in [-0.3, -0.25) is 4.79 Å². The van der Waals surface area contributed by atoms with E-state index >= 15 is 0 Å². The summed E-state index contributed by atoms with van der Waals surface area (Å²) < 4.78 is 4.75. The molecule has 1 aromatic carbocycles. The van der Waals surface area contributed by atoms with Gasteiger partial charge in [0.25, 0.3) is 0 Å². The molecular formula is C14H17NO2. The quantitative estimate of drug-likeness (QED) is 0.825. The molecule has 1 aromatic heterocycles. The number of aromatic nitrogens is 1. The van der Waals surface area contributed by atoms with E-state index in [1.807, 2.05) is 13.1 Å². The Morgan fingerprint density at radius 3 is 2.94 bits per heavy atom. The molecule has 0 aliphatic heterocycles. The average Bonchev–Trinajstić information content (AvgIpc) is 2.71. The summed E-state index contributed by atoms with van der Waals surface area (Å²) in [5, 5.41) is 1.20. The predicted molar refractivity (Wildman–Crippen MR) is 67.9 cm³/mol. The second-order valence-corrected chi connectivity index (χ2v) is 4.49. The zero-order valence-corrected chi connectivity index (χ0v) is 10.4. The molecule has 90 valence electrons. The van der Waals surface area contributed by atoms with Crippen LogP contribution < -0.4 is 0 Å². The van der Waals surface area contributed by atoms with Crippen molar-refractivity contribution in [3.8, 4) is 0 Å². The number of nitrogens with one attached hydrogen (secondary N) is 1. The minimum Gasteiger partial charge on any atom is -0.469 e. The molecule has 17 heavy (non-hydrogen) atoms. The molecule has 0 bridgehead atoms. The maximum Gasteiger partial charge on any atom is 0.308 e. The van der Waals surface area contributed by atoms with Crippen molar-refractivity contribution in [3.05, 3.63) is 35.5 Å². The summed E-state index contributed by atoms with van der Waals surface area (Å²) in [7, 11) is 1.43. The molecule has 1 heterocycles. The Kier molecular flexibility index (Phi) is 3.18. The summed E-state index contributed by atoms with van der Waals surface area (Å²) in [6, 6.07) is 6.29. The number of aromatic amines is 1. The maximum atomic E-state index is 11.4. The van der Waals surface area contributed by atoms with Crippen molar-refractivity contribution in [3.63, 3.8) is 0 Å². The van der Waals surface area contributed by atoms with Crippen molar-refractivity contribution in [2.24, 2.45) is 5.92 Å². The Balaban J connectivity index is 2.30. The lowest BCUT2D eigenvalue weighted by Crippen LogP contribution is -2.14. The third-order valence-electron chi connectivity index (χ3n) is 3.05. The van der Waals surface area contributed by atoms with Gasteiger partial charge in [-0.15, -0.1) is 0 Å². The van der Waals surface area contributed by atoms with Gasteiger partial charge in [0.15, 0.2) is 0 Å². The van der Waals surface area contributed by atoms with Gasteiger partial charge in [0.2, 0.25) is 0 Å². The molecule has 0 amide bonds. The van der Waals surface area contributed by atoms with Crippen LogP contribution in [0.15, 0.2) is 24.4 Å². The fourth-order valence-electron chi connectivity index (χ4n) is 2.08. The number of ether oxygens (including phenoxy) is 1. The topological polar surface area (TPSA) is 42.1 Å². The highest BCUT2D eigenvalue weighted by Crippen LogP contribution is 2.22. The number of carbonyl (C=O) groups excluding carboxylic acids is 1. The number of H-pyrrole nitrogens is 1. The SMILES string of the molecule is COC(=O)[C@@H](C)Cc1c[nH]c2ccc(C)cc12. The number of aryl methyl sites for hydroxylation is 1. The Labute approximate surface area is 101 Å². The fourth-order valence-corrected chi connectivity index (χ4v) is 2.08. The van der Waals surface area contributed by atoms with Gasteiger partial charge in [0.05, 0.1) is 13.0 Å². The van der Waals surface area contributed by atoms with Gasteiger partial charge >= 0.3 is 5.97 Å². The van der Waals surface area contributed by atoms with Crippen molar-refractivity contribution in [1.29, 1.82) is 0 Å². The number of benzene rings is 1. The van der Waals surface area contributed by atoms with E-state index in [0.29, 0.717) is 6.42 Å². The first-order chi connectivity index (χ1) is 8.11. The lowest BCUT2D eigenvalue weighted by molar-refractivity contribution is -0.144. The average molecular weight is 231 g/mol. The van der Waals surface area contributed by atoms with Crippen molar-refractivity contribution < 1.29 is 9.53 Å². The summed E-state index contributed by atoms with van der Waals surface area (Å²) >= 11 is 0. The first-order valence-electron chi connectivity index (χ1n) is 5.76. The zero-order valence-electron chi connectivity index (χ0n) is 10.4. The maximum absolute atomic E-state index is 11.4. The molecule has 0 fully saturated rings. The highest BCUT2D eigenvalue weighted by molar-refractivity contribution is 5.84. The van der Waals surface area contributed by atoms with E-state index in [4.69, 9.17) is 4.74 Å². The minimum atomic E-state index is -0.160. The van der Waals surface area contributed by atoms with Crippen LogP contribution in [0.1, 0.15) is 18.1 Å². The molecule has 0 aliphatic carbocycles. The molecule has 3 nitrogen and oxygen atoms in total. The third-order valence-corrected chi connectivity index (χ3v) is 3.05. The number of fused-ring (bicyclic) bond motifs is 1. The summed E-state index contributed by atoms with van der Waals surface area (Å²) in [5.74, 6) is -0.272. The first kappa shape index (κ1) is 11.7. The van der Waals surface area contributed by atoms with Gasteiger partial charge in [0.1, 0.15) is 0 Å². The number of esters is 1.